The Labute approximate surface area is 109 Å². The summed E-state index contributed by atoms with van der Waals surface area (Å²) in [6, 6.07) is 1.78. The Bertz CT molecular complexity index is 371. The van der Waals surface area contributed by atoms with E-state index in [4.69, 9.17) is 10.00 Å². The van der Waals surface area contributed by atoms with Crippen molar-refractivity contribution in [3.05, 3.63) is 0 Å². The summed E-state index contributed by atoms with van der Waals surface area (Å²) in [6.45, 7) is 4.15. The fourth-order valence-electron chi connectivity index (χ4n) is 1.85. The molecule has 1 heterocycles. The SMILES string of the molecule is CCC(C#N)S(=O)(=O)NCCOC1CCNCC1. The van der Waals surface area contributed by atoms with Gasteiger partial charge in [-0.05, 0) is 32.4 Å². The van der Waals surface area contributed by atoms with Crippen LogP contribution in [0.15, 0.2) is 0 Å². The van der Waals surface area contributed by atoms with Gasteiger partial charge in [0.05, 0.1) is 18.8 Å². The van der Waals surface area contributed by atoms with Crippen molar-refractivity contribution < 1.29 is 13.2 Å². The van der Waals surface area contributed by atoms with Crippen LogP contribution in [-0.4, -0.2) is 46.0 Å². The highest BCUT2D eigenvalue weighted by Crippen LogP contribution is 2.07. The van der Waals surface area contributed by atoms with E-state index in [0.29, 0.717) is 13.0 Å². The molecular formula is C11H21N3O3S. The molecule has 0 aromatic heterocycles. The highest BCUT2D eigenvalue weighted by Gasteiger charge is 2.22. The molecule has 18 heavy (non-hydrogen) atoms. The quantitative estimate of drug-likeness (QED) is 0.637. The fraction of sp³-hybridized carbons (Fsp3) is 0.909. The third kappa shape index (κ3) is 4.90. The van der Waals surface area contributed by atoms with E-state index in [1.54, 1.807) is 13.0 Å². The minimum atomic E-state index is -3.53. The monoisotopic (exact) mass is 275 g/mol. The number of rotatable bonds is 7. The molecule has 0 radical (unpaired) electrons. The molecule has 6 nitrogen and oxygen atoms in total. The summed E-state index contributed by atoms with van der Waals surface area (Å²) < 4.78 is 31.3. The van der Waals surface area contributed by atoms with Crippen molar-refractivity contribution in [2.75, 3.05) is 26.2 Å². The summed E-state index contributed by atoms with van der Waals surface area (Å²) >= 11 is 0. The lowest BCUT2D eigenvalue weighted by Crippen LogP contribution is -2.37. The third-order valence-electron chi connectivity index (χ3n) is 2.93. The normalized spacial score (nSPS) is 19.3. The number of sulfonamides is 1. The molecule has 1 aliphatic heterocycles. The van der Waals surface area contributed by atoms with Crippen LogP contribution in [0.1, 0.15) is 26.2 Å². The van der Waals surface area contributed by atoms with E-state index in [9.17, 15) is 8.42 Å². The van der Waals surface area contributed by atoms with Crippen molar-refractivity contribution in [1.82, 2.24) is 10.0 Å². The van der Waals surface area contributed by atoms with Crippen molar-refractivity contribution in [3.63, 3.8) is 0 Å². The van der Waals surface area contributed by atoms with Crippen molar-refractivity contribution in [1.29, 1.82) is 5.26 Å². The lowest BCUT2D eigenvalue weighted by Gasteiger charge is -2.23. The molecule has 0 aromatic rings. The Morgan fingerprint density at radius 1 is 1.50 bits per heavy atom. The van der Waals surface area contributed by atoms with Gasteiger partial charge in [0, 0.05) is 6.54 Å². The Hall–Kier alpha value is -0.680. The Morgan fingerprint density at radius 3 is 2.72 bits per heavy atom. The first-order valence-electron chi connectivity index (χ1n) is 6.30. The number of nitrogens with zero attached hydrogens (tertiary/aromatic N) is 1. The Morgan fingerprint density at radius 2 is 2.17 bits per heavy atom. The summed E-state index contributed by atoms with van der Waals surface area (Å²) in [5, 5.41) is 11.0. The molecule has 1 rings (SSSR count). The van der Waals surface area contributed by atoms with E-state index >= 15 is 0 Å². The van der Waals surface area contributed by atoms with Gasteiger partial charge in [0.1, 0.15) is 0 Å². The minimum absolute atomic E-state index is 0.216. The van der Waals surface area contributed by atoms with Gasteiger partial charge in [-0.1, -0.05) is 6.92 Å². The molecular weight excluding hydrogens is 254 g/mol. The molecule has 1 fully saturated rings. The van der Waals surface area contributed by atoms with Crippen LogP contribution in [0.5, 0.6) is 0 Å². The standard InChI is InChI=1S/C11H21N3O3S/c1-2-11(9-12)18(15,16)14-7-8-17-10-3-5-13-6-4-10/h10-11,13-14H,2-8H2,1H3. The van der Waals surface area contributed by atoms with E-state index in [0.717, 1.165) is 25.9 Å². The van der Waals surface area contributed by atoms with Crippen LogP contribution in [-0.2, 0) is 14.8 Å². The molecule has 0 saturated carbocycles. The highest BCUT2D eigenvalue weighted by atomic mass is 32.2. The predicted octanol–water partition coefficient (Wildman–Crippen LogP) is -0.0234. The average molecular weight is 275 g/mol. The van der Waals surface area contributed by atoms with Crippen LogP contribution in [0.25, 0.3) is 0 Å². The highest BCUT2D eigenvalue weighted by molar-refractivity contribution is 7.90. The lowest BCUT2D eigenvalue weighted by molar-refractivity contribution is 0.0366. The summed E-state index contributed by atoms with van der Waals surface area (Å²) in [7, 11) is -3.53. The summed E-state index contributed by atoms with van der Waals surface area (Å²) in [4.78, 5) is 0. The smallest absolute Gasteiger partial charge is 0.228 e. The second-order valence-electron chi connectivity index (χ2n) is 4.29. The average Bonchev–Trinajstić information content (AvgIpc) is 2.37. The molecule has 1 unspecified atom stereocenters. The molecule has 104 valence electrons. The number of piperidine rings is 1. The van der Waals surface area contributed by atoms with E-state index in [2.05, 4.69) is 10.0 Å². The second-order valence-corrected chi connectivity index (χ2v) is 6.23. The lowest BCUT2D eigenvalue weighted by atomic mass is 10.1. The largest absolute Gasteiger partial charge is 0.377 e. The van der Waals surface area contributed by atoms with Crippen molar-refractivity contribution in [3.8, 4) is 6.07 Å². The van der Waals surface area contributed by atoms with Gasteiger partial charge in [-0.15, -0.1) is 0 Å². The maximum Gasteiger partial charge on any atom is 0.228 e. The predicted molar refractivity (Wildman–Crippen MR) is 68.5 cm³/mol. The van der Waals surface area contributed by atoms with Gasteiger partial charge in [0.2, 0.25) is 10.0 Å². The molecule has 0 amide bonds. The molecule has 0 spiro atoms. The van der Waals surface area contributed by atoms with Crippen molar-refractivity contribution >= 4 is 10.0 Å². The van der Waals surface area contributed by atoms with E-state index in [1.807, 2.05) is 0 Å². The maximum atomic E-state index is 11.6. The van der Waals surface area contributed by atoms with Gasteiger partial charge in [0.25, 0.3) is 0 Å². The first-order chi connectivity index (χ1) is 8.60. The third-order valence-corrected chi connectivity index (χ3v) is 4.73. The van der Waals surface area contributed by atoms with E-state index in [-0.39, 0.29) is 12.6 Å². The number of hydrogen-bond donors (Lipinski definition) is 2. The molecule has 2 N–H and O–H groups in total. The van der Waals surface area contributed by atoms with Gasteiger partial charge in [0.15, 0.2) is 5.25 Å². The van der Waals surface area contributed by atoms with Crippen LogP contribution < -0.4 is 10.0 Å². The van der Waals surface area contributed by atoms with Gasteiger partial charge >= 0.3 is 0 Å². The van der Waals surface area contributed by atoms with Crippen LogP contribution >= 0.6 is 0 Å². The summed E-state index contributed by atoms with van der Waals surface area (Å²) in [5.41, 5.74) is 0. The first-order valence-corrected chi connectivity index (χ1v) is 7.85. The number of hydrogen-bond acceptors (Lipinski definition) is 5. The first kappa shape index (κ1) is 15.4. The fourth-order valence-corrected chi connectivity index (χ4v) is 3.00. The molecule has 1 atom stereocenters. The maximum absolute atomic E-state index is 11.6. The van der Waals surface area contributed by atoms with Crippen molar-refractivity contribution in [2.24, 2.45) is 0 Å². The molecule has 1 saturated heterocycles. The summed E-state index contributed by atoms with van der Waals surface area (Å²) in [6.07, 6.45) is 2.43. The van der Waals surface area contributed by atoms with Gasteiger partial charge in [-0.2, -0.15) is 5.26 Å². The topological polar surface area (TPSA) is 91.2 Å². The van der Waals surface area contributed by atoms with Gasteiger partial charge < -0.3 is 10.1 Å². The molecule has 7 heteroatoms. The number of nitrogens with one attached hydrogen (secondary N) is 2. The van der Waals surface area contributed by atoms with E-state index < -0.39 is 15.3 Å². The Kier molecular flexibility index (Phi) is 6.57. The van der Waals surface area contributed by atoms with Crippen LogP contribution in [0, 0.1) is 11.3 Å². The van der Waals surface area contributed by atoms with Crippen molar-refractivity contribution in [2.45, 2.75) is 37.5 Å². The zero-order valence-electron chi connectivity index (χ0n) is 10.7. The molecule has 0 aromatic carbocycles. The molecule has 0 aliphatic carbocycles. The van der Waals surface area contributed by atoms with Crippen LogP contribution in [0.4, 0.5) is 0 Å². The van der Waals surface area contributed by atoms with Gasteiger partial charge in [-0.3, -0.25) is 0 Å². The Balaban J connectivity index is 2.22. The molecule has 0 bridgehead atoms. The number of nitriles is 1. The summed E-state index contributed by atoms with van der Waals surface area (Å²) in [5.74, 6) is 0. The van der Waals surface area contributed by atoms with E-state index in [1.165, 1.54) is 0 Å². The van der Waals surface area contributed by atoms with Gasteiger partial charge in [-0.25, -0.2) is 13.1 Å². The zero-order valence-corrected chi connectivity index (χ0v) is 11.5. The molecule has 1 aliphatic rings. The van der Waals surface area contributed by atoms with Crippen LogP contribution in [0.2, 0.25) is 0 Å². The second kappa shape index (κ2) is 7.69. The zero-order chi connectivity index (χ0) is 13.4. The minimum Gasteiger partial charge on any atom is -0.377 e. The van der Waals surface area contributed by atoms with Crippen LogP contribution in [0.3, 0.4) is 0 Å². The number of ether oxygens (including phenoxy) is 1.